The summed E-state index contributed by atoms with van der Waals surface area (Å²) in [6.07, 6.45) is 3.75. The molecule has 0 saturated heterocycles. The molecule has 0 aliphatic carbocycles. The van der Waals surface area contributed by atoms with Gasteiger partial charge in [0.15, 0.2) is 5.75 Å². The molecule has 1 heterocycles. The van der Waals surface area contributed by atoms with Gasteiger partial charge in [0.05, 0.1) is 25.0 Å². The van der Waals surface area contributed by atoms with Crippen LogP contribution in [0.1, 0.15) is 30.6 Å². The summed E-state index contributed by atoms with van der Waals surface area (Å²) in [7, 11) is 3.68. The number of ether oxygens (including phenoxy) is 1. The van der Waals surface area contributed by atoms with Crippen LogP contribution in [0.25, 0.3) is 0 Å². The zero-order valence-electron chi connectivity index (χ0n) is 12.8. The standard InChI is InChI=1S/C16H22BrN3O/c1-4-9-20-16(15(21-3)11-19-20)14(18-2)10-12-5-7-13(17)8-6-12/h5-8,11,14,18H,4,9-10H2,1-3H3. The molecule has 1 atom stereocenters. The van der Waals surface area contributed by atoms with E-state index in [-0.39, 0.29) is 6.04 Å². The Labute approximate surface area is 134 Å². The highest BCUT2D eigenvalue weighted by Gasteiger charge is 2.20. The number of methoxy groups -OCH3 is 1. The van der Waals surface area contributed by atoms with Crippen LogP contribution in [0.5, 0.6) is 5.75 Å². The fraction of sp³-hybridized carbons (Fsp3) is 0.438. The Kier molecular flexibility index (Phi) is 5.82. The van der Waals surface area contributed by atoms with Crippen molar-refractivity contribution in [2.45, 2.75) is 32.4 Å². The first-order chi connectivity index (χ1) is 10.2. The summed E-state index contributed by atoms with van der Waals surface area (Å²) < 4.78 is 8.62. The van der Waals surface area contributed by atoms with Crippen LogP contribution in [-0.2, 0) is 13.0 Å². The van der Waals surface area contributed by atoms with E-state index < -0.39 is 0 Å². The van der Waals surface area contributed by atoms with Crippen molar-refractivity contribution >= 4 is 15.9 Å². The summed E-state index contributed by atoms with van der Waals surface area (Å²) in [6, 6.07) is 8.60. The predicted molar refractivity (Wildman–Crippen MR) is 88.7 cm³/mol. The summed E-state index contributed by atoms with van der Waals surface area (Å²) in [5, 5.41) is 7.83. The second-order valence-electron chi connectivity index (χ2n) is 4.99. The SMILES string of the molecule is CCCn1ncc(OC)c1C(Cc1ccc(Br)cc1)NC. The second-order valence-corrected chi connectivity index (χ2v) is 5.91. The molecule has 1 aromatic heterocycles. The number of aromatic nitrogens is 2. The van der Waals surface area contributed by atoms with Crippen LogP contribution < -0.4 is 10.1 Å². The van der Waals surface area contributed by atoms with Gasteiger partial charge in [0.2, 0.25) is 0 Å². The fourth-order valence-electron chi connectivity index (χ4n) is 2.47. The van der Waals surface area contributed by atoms with Crippen LogP contribution in [0.2, 0.25) is 0 Å². The van der Waals surface area contributed by atoms with Crippen LogP contribution in [0.4, 0.5) is 0 Å². The molecule has 0 saturated carbocycles. The number of rotatable bonds is 7. The van der Waals surface area contributed by atoms with E-state index in [1.807, 2.05) is 11.7 Å². The molecule has 0 radical (unpaired) electrons. The average Bonchev–Trinajstić information content (AvgIpc) is 2.90. The minimum atomic E-state index is 0.176. The Morgan fingerprint density at radius 2 is 2.05 bits per heavy atom. The summed E-state index contributed by atoms with van der Waals surface area (Å²) in [6.45, 7) is 3.05. The third-order valence-electron chi connectivity index (χ3n) is 3.53. The maximum atomic E-state index is 5.48. The van der Waals surface area contributed by atoms with Gasteiger partial charge < -0.3 is 10.1 Å². The number of halogens is 1. The Hall–Kier alpha value is -1.33. The van der Waals surface area contributed by atoms with Gasteiger partial charge in [-0.1, -0.05) is 35.0 Å². The van der Waals surface area contributed by atoms with Crippen molar-refractivity contribution in [3.63, 3.8) is 0 Å². The lowest BCUT2D eigenvalue weighted by molar-refractivity contribution is 0.393. The van der Waals surface area contributed by atoms with E-state index in [1.165, 1.54) is 5.56 Å². The van der Waals surface area contributed by atoms with E-state index in [9.17, 15) is 0 Å². The zero-order valence-corrected chi connectivity index (χ0v) is 14.4. The smallest absolute Gasteiger partial charge is 0.161 e. The van der Waals surface area contributed by atoms with Crippen molar-refractivity contribution in [3.8, 4) is 5.75 Å². The topological polar surface area (TPSA) is 39.1 Å². The van der Waals surface area contributed by atoms with E-state index in [4.69, 9.17) is 4.74 Å². The average molecular weight is 352 g/mol. The van der Waals surface area contributed by atoms with Crippen LogP contribution in [0, 0.1) is 0 Å². The van der Waals surface area contributed by atoms with E-state index in [0.717, 1.165) is 35.3 Å². The summed E-state index contributed by atoms with van der Waals surface area (Å²) in [5.41, 5.74) is 2.40. The lowest BCUT2D eigenvalue weighted by Crippen LogP contribution is -2.23. The molecule has 1 N–H and O–H groups in total. The molecule has 0 fully saturated rings. The zero-order chi connectivity index (χ0) is 15.2. The molecule has 0 spiro atoms. The molecule has 2 aromatic rings. The van der Waals surface area contributed by atoms with Crippen molar-refractivity contribution in [2.24, 2.45) is 0 Å². The largest absolute Gasteiger partial charge is 0.493 e. The van der Waals surface area contributed by atoms with E-state index in [0.29, 0.717) is 0 Å². The lowest BCUT2D eigenvalue weighted by atomic mass is 10.0. The van der Waals surface area contributed by atoms with Crippen LogP contribution >= 0.6 is 15.9 Å². The molecule has 0 bridgehead atoms. The van der Waals surface area contributed by atoms with Gasteiger partial charge >= 0.3 is 0 Å². The second kappa shape index (κ2) is 7.61. The molecule has 0 aliphatic rings. The molecule has 2 rings (SSSR count). The van der Waals surface area contributed by atoms with Gasteiger partial charge in [-0.3, -0.25) is 4.68 Å². The maximum Gasteiger partial charge on any atom is 0.161 e. The molecule has 1 unspecified atom stereocenters. The van der Waals surface area contributed by atoms with Crippen molar-refractivity contribution < 1.29 is 4.74 Å². The monoisotopic (exact) mass is 351 g/mol. The highest BCUT2D eigenvalue weighted by atomic mass is 79.9. The molecule has 4 nitrogen and oxygen atoms in total. The number of nitrogens with one attached hydrogen (secondary N) is 1. The van der Waals surface area contributed by atoms with Crippen LogP contribution in [0.15, 0.2) is 34.9 Å². The normalized spacial score (nSPS) is 12.4. The van der Waals surface area contributed by atoms with Crippen molar-refractivity contribution in [3.05, 3.63) is 46.2 Å². The van der Waals surface area contributed by atoms with Crippen LogP contribution in [-0.4, -0.2) is 23.9 Å². The number of hydrogen-bond donors (Lipinski definition) is 1. The molecule has 5 heteroatoms. The third kappa shape index (κ3) is 3.86. The molecule has 114 valence electrons. The molecule has 0 aliphatic heterocycles. The molecule has 1 aromatic carbocycles. The lowest BCUT2D eigenvalue weighted by Gasteiger charge is -2.19. The quantitative estimate of drug-likeness (QED) is 0.828. The van der Waals surface area contributed by atoms with E-state index >= 15 is 0 Å². The fourth-order valence-corrected chi connectivity index (χ4v) is 2.73. The van der Waals surface area contributed by atoms with Crippen LogP contribution in [0.3, 0.4) is 0 Å². The molecule has 21 heavy (non-hydrogen) atoms. The van der Waals surface area contributed by atoms with Crippen molar-refractivity contribution in [2.75, 3.05) is 14.2 Å². The Morgan fingerprint density at radius 3 is 2.62 bits per heavy atom. The van der Waals surface area contributed by atoms with Gasteiger partial charge in [0, 0.05) is 11.0 Å². The highest BCUT2D eigenvalue weighted by Crippen LogP contribution is 2.28. The molecular weight excluding hydrogens is 330 g/mol. The highest BCUT2D eigenvalue weighted by molar-refractivity contribution is 9.10. The Morgan fingerprint density at radius 1 is 1.33 bits per heavy atom. The Bertz CT molecular complexity index is 565. The third-order valence-corrected chi connectivity index (χ3v) is 4.06. The van der Waals surface area contributed by atoms with Gasteiger partial charge in [0.25, 0.3) is 0 Å². The van der Waals surface area contributed by atoms with Crippen molar-refractivity contribution in [1.29, 1.82) is 0 Å². The first-order valence-electron chi connectivity index (χ1n) is 7.21. The van der Waals surface area contributed by atoms with Gasteiger partial charge in [-0.05, 0) is 37.6 Å². The minimum Gasteiger partial charge on any atom is -0.493 e. The maximum absolute atomic E-state index is 5.48. The summed E-state index contributed by atoms with van der Waals surface area (Å²) >= 11 is 3.47. The number of likely N-dealkylation sites (N-methyl/N-ethyl adjacent to an activating group) is 1. The number of hydrogen-bond acceptors (Lipinski definition) is 3. The van der Waals surface area contributed by atoms with E-state index in [2.05, 4.69) is 57.5 Å². The molecule has 0 amide bonds. The molecular formula is C16H22BrN3O. The Balaban J connectivity index is 2.27. The summed E-state index contributed by atoms with van der Waals surface area (Å²) in [4.78, 5) is 0. The number of nitrogens with zero attached hydrogens (tertiary/aromatic N) is 2. The van der Waals surface area contributed by atoms with E-state index in [1.54, 1.807) is 13.3 Å². The van der Waals surface area contributed by atoms with Gasteiger partial charge in [0.1, 0.15) is 0 Å². The van der Waals surface area contributed by atoms with Gasteiger partial charge in [-0.15, -0.1) is 0 Å². The first kappa shape index (κ1) is 16.0. The minimum absolute atomic E-state index is 0.176. The summed E-state index contributed by atoms with van der Waals surface area (Å²) in [5.74, 6) is 0.847. The number of benzene rings is 1. The van der Waals surface area contributed by atoms with Gasteiger partial charge in [-0.25, -0.2) is 0 Å². The first-order valence-corrected chi connectivity index (χ1v) is 8.00. The van der Waals surface area contributed by atoms with Crippen molar-refractivity contribution in [1.82, 2.24) is 15.1 Å². The predicted octanol–water partition coefficient (Wildman–Crippen LogP) is 3.57. The number of aryl methyl sites for hydroxylation is 1. The van der Waals surface area contributed by atoms with Gasteiger partial charge in [-0.2, -0.15) is 5.10 Å².